The maximum atomic E-state index is 13.4. The van der Waals surface area contributed by atoms with Crippen LogP contribution in [0.1, 0.15) is 58.2 Å². The van der Waals surface area contributed by atoms with Gasteiger partial charge in [-0.05, 0) is 92.1 Å². The van der Waals surface area contributed by atoms with Gasteiger partial charge in [0.25, 0.3) is 22.2 Å². The van der Waals surface area contributed by atoms with E-state index in [1.165, 1.54) is 22.3 Å². The van der Waals surface area contributed by atoms with E-state index in [0.29, 0.717) is 5.69 Å². The van der Waals surface area contributed by atoms with Crippen LogP contribution in [0, 0.1) is 13.8 Å². The molecule has 0 aliphatic carbocycles. The molecule has 0 radical (unpaired) electrons. The molecule has 2 aromatic heterocycles. The molecule has 0 amide bonds. The average molecular weight is 509 g/mol. The molecule has 38 heavy (non-hydrogen) atoms. The molecule has 5 aromatic rings. The zero-order chi connectivity index (χ0) is 27.9. The minimum absolute atomic E-state index is 0.0497. The summed E-state index contributed by atoms with van der Waals surface area (Å²) in [6.45, 7) is 15.9. The number of aryl methyl sites for hydroxylation is 2. The zero-order valence-electron chi connectivity index (χ0n) is 23.1. The quantitative estimate of drug-likeness (QED) is 0.327. The molecule has 2 heterocycles. The van der Waals surface area contributed by atoms with Crippen LogP contribution in [0.3, 0.4) is 0 Å². The molecule has 0 spiro atoms. The van der Waals surface area contributed by atoms with Crippen molar-refractivity contribution in [3.63, 3.8) is 0 Å². The molecular formula is C32H32N2O4. The van der Waals surface area contributed by atoms with Crippen LogP contribution in [-0.2, 0) is 11.0 Å². The lowest BCUT2D eigenvalue weighted by Gasteiger charge is -2.21. The molecular weight excluding hydrogens is 476 g/mol. The molecule has 0 unspecified atom stereocenters. The highest BCUT2D eigenvalue weighted by atomic mass is 16.2. The standard InChI is InChI=1S/C32H32N2O4/c1-17-13-19(31(3,4)5)9-11-21(17)22-12-10-20(14-18(22)2)33-27(35)23-15-25-26(16-24(23)28(33)36)30(38)34(29(25)37)32(6,7)8/h9-16H,1-8H3. The van der Waals surface area contributed by atoms with Crippen molar-refractivity contribution in [3.05, 3.63) is 107 Å². The first-order chi connectivity index (χ1) is 17.6. The molecule has 0 saturated heterocycles. The highest BCUT2D eigenvalue weighted by Crippen LogP contribution is 2.32. The molecule has 0 aliphatic rings. The lowest BCUT2D eigenvalue weighted by atomic mass is 9.84. The molecule has 6 heteroatoms. The second kappa shape index (κ2) is 8.22. The van der Waals surface area contributed by atoms with E-state index in [1.807, 2.05) is 19.1 Å². The lowest BCUT2D eigenvalue weighted by Crippen LogP contribution is -2.38. The van der Waals surface area contributed by atoms with Crippen molar-refractivity contribution in [2.75, 3.05) is 0 Å². The number of rotatable bonds is 2. The first-order valence-corrected chi connectivity index (χ1v) is 12.8. The maximum Gasteiger partial charge on any atom is 0.266 e. The van der Waals surface area contributed by atoms with Crippen molar-refractivity contribution in [2.24, 2.45) is 0 Å². The van der Waals surface area contributed by atoms with Crippen LogP contribution in [0.4, 0.5) is 0 Å². The smallest absolute Gasteiger partial charge is 0.266 e. The summed E-state index contributed by atoms with van der Waals surface area (Å²) in [4.78, 5) is 52.9. The van der Waals surface area contributed by atoms with Gasteiger partial charge in [0.2, 0.25) is 0 Å². The summed E-state index contributed by atoms with van der Waals surface area (Å²) in [5, 5.41) is 0.599. The molecule has 0 atom stereocenters. The summed E-state index contributed by atoms with van der Waals surface area (Å²) < 4.78 is 2.31. The van der Waals surface area contributed by atoms with Crippen molar-refractivity contribution in [1.82, 2.24) is 9.13 Å². The van der Waals surface area contributed by atoms with Crippen molar-refractivity contribution >= 4 is 21.5 Å². The van der Waals surface area contributed by atoms with Gasteiger partial charge in [-0.25, -0.2) is 4.57 Å². The normalized spacial score (nSPS) is 12.6. The third-order valence-corrected chi connectivity index (χ3v) is 7.41. The summed E-state index contributed by atoms with van der Waals surface area (Å²) in [6.07, 6.45) is 0. The number of hydrogen-bond donors (Lipinski definition) is 0. The van der Waals surface area contributed by atoms with Crippen molar-refractivity contribution < 1.29 is 0 Å². The van der Waals surface area contributed by atoms with Gasteiger partial charge >= 0.3 is 0 Å². The Morgan fingerprint density at radius 2 is 1.00 bits per heavy atom. The van der Waals surface area contributed by atoms with Crippen LogP contribution < -0.4 is 22.2 Å². The summed E-state index contributed by atoms with van der Waals surface area (Å²) in [7, 11) is 0. The van der Waals surface area contributed by atoms with Crippen LogP contribution in [0.2, 0.25) is 0 Å². The predicted octanol–water partition coefficient (Wildman–Crippen LogP) is 5.24. The second-order valence-electron chi connectivity index (χ2n) is 12.3. The molecule has 0 N–H and O–H groups in total. The number of benzene rings is 3. The van der Waals surface area contributed by atoms with E-state index in [0.717, 1.165) is 26.8 Å². The van der Waals surface area contributed by atoms with Gasteiger partial charge in [0.1, 0.15) is 0 Å². The third kappa shape index (κ3) is 3.78. The SMILES string of the molecule is Cc1cc(-n2c(=O)c3cc4c(=O)n(C(C)(C)C)c(=O)c4cc3c2=O)ccc1-c1ccc(C(C)(C)C)cc1C. The fourth-order valence-electron chi connectivity index (χ4n) is 5.34. The number of aromatic nitrogens is 2. The largest absolute Gasteiger partial charge is 0.269 e. The van der Waals surface area contributed by atoms with Crippen LogP contribution in [0.5, 0.6) is 0 Å². The van der Waals surface area contributed by atoms with Gasteiger partial charge in [-0.3, -0.25) is 23.7 Å². The Bertz CT molecular complexity index is 1900. The zero-order valence-corrected chi connectivity index (χ0v) is 23.1. The average Bonchev–Trinajstić information content (AvgIpc) is 3.21. The second-order valence-corrected chi connectivity index (χ2v) is 12.3. The predicted molar refractivity (Wildman–Crippen MR) is 155 cm³/mol. The first kappa shape index (κ1) is 25.6. The number of fused-ring (bicyclic) bond motifs is 2. The molecule has 0 fully saturated rings. The summed E-state index contributed by atoms with van der Waals surface area (Å²) in [5.41, 5.74) is 3.35. The molecule has 0 aliphatic heterocycles. The fraction of sp³-hybridized carbons (Fsp3) is 0.312. The molecule has 194 valence electrons. The summed E-state index contributed by atoms with van der Waals surface area (Å²) in [6, 6.07) is 14.8. The highest BCUT2D eigenvalue weighted by Gasteiger charge is 2.25. The van der Waals surface area contributed by atoms with E-state index in [9.17, 15) is 19.2 Å². The fourth-order valence-corrected chi connectivity index (χ4v) is 5.34. The van der Waals surface area contributed by atoms with E-state index in [-0.39, 0.29) is 27.0 Å². The van der Waals surface area contributed by atoms with Crippen LogP contribution in [0.25, 0.3) is 38.4 Å². The highest BCUT2D eigenvalue weighted by molar-refractivity contribution is 5.98. The van der Waals surface area contributed by atoms with Crippen LogP contribution >= 0.6 is 0 Å². The van der Waals surface area contributed by atoms with E-state index >= 15 is 0 Å². The molecule has 0 saturated carbocycles. The van der Waals surface area contributed by atoms with Crippen LogP contribution in [-0.4, -0.2) is 9.13 Å². The van der Waals surface area contributed by atoms with Crippen LogP contribution in [0.15, 0.2) is 67.7 Å². The third-order valence-electron chi connectivity index (χ3n) is 7.41. The van der Waals surface area contributed by atoms with E-state index in [1.54, 1.807) is 26.8 Å². The Morgan fingerprint density at radius 3 is 1.42 bits per heavy atom. The Labute approximate surface area is 220 Å². The summed E-state index contributed by atoms with van der Waals surface area (Å²) >= 11 is 0. The Hall–Kier alpha value is -4.06. The van der Waals surface area contributed by atoms with E-state index in [2.05, 4.69) is 45.9 Å². The van der Waals surface area contributed by atoms with E-state index < -0.39 is 27.8 Å². The van der Waals surface area contributed by atoms with Gasteiger partial charge in [-0.2, -0.15) is 0 Å². The van der Waals surface area contributed by atoms with Crippen molar-refractivity contribution in [1.29, 1.82) is 0 Å². The van der Waals surface area contributed by atoms with Gasteiger partial charge < -0.3 is 0 Å². The molecule has 5 rings (SSSR count). The van der Waals surface area contributed by atoms with Crippen molar-refractivity contribution in [2.45, 2.75) is 66.3 Å². The van der Waals surface area contributed by atoms with Gasteiger partial charge in [0, 0.05) is 5.54 Å². The van der Waals surface area contributed by atoms with Gasteiger partial charge in [-0.1, -0.05) is 45.0 Å². The summed E-state index contributed by atoms with van der Waals surface area (Å²) in [5.74, 6) is 0. The number of hydrogen-bond acceptors (Lipinski definition) is 4. The van der Waals surface area contributed by atoms with Gasteiger partial charge in [-0.15, -0.1) is 0 Å². The molecule has 6 nitrogen and oxygen atoms in total. The van der Waals surface area contributed by atoms with E-state index in [4.69, 9.17) is 0 Å². The Kier molecular flexibility index (Phi) is 5.53. The van der Waals surface area contributed by atoms with Gasteiger partial charge in [0.05, 0.1) is 27.2 Å². The maximum absolute atomic E-state index is 13.4. The molecule has 0 bridgehead atoms. The monoisotopic (exact) mass is 508 g/mol. The lowest BCUT2D eigenvalue weighted by molar-refractivity contribution is 0.380. The number of nitrogens with zero attached hydrogens (tertiary/aromatic N) is 2. The topological polar surface area (TPSA) is 78.1 Å². The van der Waals surface area contributed by atoms with Crippen molar-refractivity contribution in [3.8, 4) is 16.8 Å². The molecule has 3 aromatic carbocycles. The Morgan fingerprint density at radius 1 is 0.553 bits per heavy atom. The minimum atomic E-state index is -0.720. The Balaban J connectivity index is 1.67. The minimum Gasteiger partial charge on any atom is -0.269 e. The van der Waals surface area contributed by atoms with Gasteiger partial charge in [0.15, 0.2) is 0 Å². The first-order valence-electron chi connectivity index (χ1n) is 12.8.